The van der Waals surface area contributed by atoms with Gasteiger partial charge in [-0.15, -0.1) is 0 Å². The van der Waals surface area contributed by atoms with Crippen LogP contribution in [0.25, 0.3) is 0 Å². The maximum atomic E-state index is 10.4. The summed E-state index contributed by atoms with van der Waals surface area (Å²) in [7, 11) is 0. The molecule has 1 aliphatic heterocycles. The fourth-order valence-corrected chi connectivity index (χ4v) is 3.54. The van der Waals surface area contributed by atoms with Crippen molar-refractivity contribution in [2.24, 2.45) is 0 Å². The van der Waals surface area contributed by atoms with Crippen LogP contribution in [-0.2, 0) is 0 Å². The summed E-state index contributed by atoms with van der Waals surface area (Å²) in [6, 6.07) is 0. The summed E-state index contributed by atoms with van der Waals surface area (Å²) < 4.78 is 0. The zero-order valence-electron chi connectivity index (χ0n) is 8.09. The van der Waals surface area contributed by atoms with Crippen molar-refractivity contribution in [3.8, 4) is 0 Å². The largest absolute Gasteiger partial charge is 0.385 e. The van der Waals surface area contributed by atoms with Crippen molar-refractivity contribution in [2.45, 2.75) is 44.1 Å². The van der Waals surface area contributed by atoms with Crippen LogP contribution in [-0.4, -0.2) is 22.2 Å². The van der Waals surface area contributed by atoms with E-state index < -0.39 is 5.60 Å². The van der Waals surface area contributed by atoms with E-state index in [1.165, 1.54) is 31.3 Å². The molecule has 1 unspecified atom stereocenters. The lowest BCUT2D eigenvalue weighted by atomic mass is 9.90. The lowest BCUT2D eigenvalue weighted by molar-refractivity contribution is 0.103. The second-order valence-electron chi connectivity index (χ2n) is 4.16. The van der Waals surface area contributed by atoms with Gasteiger partial charge in [0.15, 0.2) is 0 Å². The predicted octanol–water partition coefficient (Wildman–Crippen LogP) is 2.74. The quantitative estimate of drug-likeness (QED) is 0.654. The SMILES string of the molecule is OC1(C2=CCCCCC2)CCSC1. The lowest BCUT2D eigenvalue weighted by Crippen LogP contribution is -2.30. The Morgan fingerprint density at radius 2 is 2.23 bits per heavy atom. The molecule has 0 radical (unpaired) electrons. The Labute approximate surface area is 84.6 Å². The average molecular weight is 198 g/mol. The maximum Gasteiger partial charge on any atom is 0.0954 e. The van der Waals surface area contributed by atoms with Crippen molar-refractivity contribution in [3.05, 3.63) is 11.6 Å². The summed E-state index contributed by atoms with van der Waals surface area (Å²) in [4.78, 5) is 0. The first kappa shape index (κ1) is 9.60. The van der Waals surface area contributed by atoms with Crippen LogP contribution in [0.4, 0.5) is 0 Å². The third kappa shape index (κ3) is 2.10. The smallest absolute Gasteiger partial charge is 0.0954 e. The molecule has 1 fully saturated rings. The molecule has 74 valence electrons. The molecule has 2 rings (SSSR count). The van der Waals surface area contributed by atoms with E-state index in [1.807, 2.05) is 11.8 Å². The van der Waals surface area contributed by atoms with Crippen LogP contribution in [0.15, 0.2) is 11.6 Å². The minimum absolute atomic E-state index is 0.422. The molecule has 0 amide bonds. The van der Waals surface area contributed by atoms with E-state index in [0.717, 1.165) is 24.3 Å². The normalized spacial score (nSPS) is 35.6. The minimum Gasteiger partial charge on any atom is -0.385 e. The van der Waals surface area contributed by atoms with Gasteiger partial charge in [0.05, 0.1) is 5.60 Å². The summed E-state index contributed by atoms with van der Waals surface area (Å²) >= 11 is 1.89. The molecule has 1 atom stereocenters. The van der Waals surface area contributed by atoms with E-state index in [4.69, 9.17) is 0 Å². The molecule has 1 N–H and O–H groups in total. The van der Waals surface area contributed by atoms with Crippen molar-refractivity contribution in [3.63, 3.8) is 0 Å². The van der Waals surface area contributed by atoms with Gasteiger partial charge in [-0.3, -0.25) is 0 Å². The fraction of sp³-hybridized carbons (Fsp3) is 0.818. The van der Waals surface area contributed by atoms with E-state index in [0.29, 0.717) is 0 Å². The van der Waals surface area contributed by atoms with Gasteiger partial charge in [-0.25, -0.2) is 0 Å². The van der Waals surface area contributed by atoms with Crippen LogP contribution in [0, 0.1) is 0 Å². The van der Waals surface area contributed by atoms with Crippen LogP contribution in [0.3, 0.4) is 0 Å². The molecule has 0 bridgehead atoms. The maximum absolute atomic E-state index is 10.4. The predicted molar refractivity (Wildman–Crippen MR) is 58.1 cm³/mol. The van der Waals surface area contributed by atoms with E-state index in [9.17, 15) is 5.11 Å². The average Bonchev–Trinajstić information content (AvgIpc) is 2.44. The number of allylic oxidation sites excluding steroid dienone is 1. The number of aliphatic hydroxyl groups is 1. The van der Waals surface area contributed by atoms with Crippen LogP contribution < -0.4 is 0 Å². The Hall–Kier alpha value is 0.0500. The monoisotopic (exact) mass is 198 g/mol. The van der Waals surface area contributed by atoms with E-state index in [1.54, 1.807) is 0 Å². The highest BCUT2D eigenvalue weighted by molar-refractivity contribution is 7.99. The summed E-state index contributed by atoms with van der Waals surface area (Å²) in [6.07, 6.45) is 9.52. The highest BCUT2D eigenvalue weighted by Gasteiger charge is 2.35. The van der Waals surface area contributed by atoms with Crippen molar-refractivity contribution in [1.29, 1.82) is 0 Å². The summed E-state index contributed by atoms with van der Waals surface area (Å²) in [5.74, 6) is 2.06. The molecule has 1 heterocycles. The van der Waals surface area contributed by atoms with E-state index in [2.05, 4.69) is 6.08 Å². The number of hydrogen-bond donors (Lipinski definition) is 1. The van der Waals surface area contributed by atoms with Crippen molar-refractivity contribution in [2.75, 3.05) is 11.5 Å². The number of hydrogen-bond acceptors (Lipinski definition) is 2. The zero-order chi connectivity index (χ0) is 9.15. The first-order chi connectivity index (χ1) is 6.31. The molecule has 1 saturated heterocycles. The third-order valence-corrected chi connectivity index (χ3v) is 4.31. The molecule has 0 aromatic rings. The number of thioether (sulfide) groups is 1. The molecule has 0 spiro atoms. The van der Waals surface area contributed by atoms with Crippen LogP contribution >= 0.6 is 11.8 Å². The highest BCUT2D eigenvalue weighted by Crippen LogP contribution is 2.37. The molecule has 0 saturated carbocycles. The van der Waals surface area contributed by atoms with Gasteiger partial charge in [-0.1, -0.05) is 12.5 Å². The topological polar surface area (TPSA) is 20.2 Å². The Bertz CT molecular complexity index is 204. The molecule has 0 aromatic heterocycles. The van der Waals surface area contributed by atoms with Gasteiger partial charge in [-0.05, 0) is 43.4 Å². The molecule has 0 aromatic carbocycles. The van der Waals surface area contributed by atoms with Gasteiger partial charge >= 0.3 is 0 Å². The van der Waals surface area contributed by atoms with Gasteiger partial charge in [0.2, 0.25) is 0 Å². The van der Waals surface area contributed by atoms with Gasteiger partial charge in [0.25, 0.3) is 0 Å². The van der Waals surface area contributed by atoms with Crippen LogP contribution in [0.2, 0.25) is 0 Å². The second-order valence-corrected chi connectivity index (χ2v) is 5.27. The van der Waals surface area contributed by atoms with Gasteiger partial charge < -0.3 is 5.11 Å². The van der Waals surface area contributed by atoms with Gasteiger partial charge in [-0.2, -0.15) is 11.8 Å². The molecule has 1 nitrogen and oxygen atoms in total. The standard InChI is InChI=1S/C11H18OS/c12-11(7-8-13-9-11)10-5-3-1-2-4-6-10/h5,12H,1-4,6-9H2. The minimum atomic E-state index is -0.422. The van der Waals surface area contributed by atoms with Crippen molar-refractivity contribution < 1.29 is 5.11 Å². The molecular weight excluding hydrogens is 180 g/mol. The van der Waals surface area contributed by atoms with Gasteiger partial charge in [0, 0.05) is 5.75 Å². The number of rotatable bonds is 1. The summed E-state index contributed by atoms with van der Waals surface area (Å²) in [5, 5.41) is 10.4. The Kier molecular flexibility index (Phi) is 2.99. The van der Waals surface area contributed by atoms with Crippen LogP contribution in [0.1, 0.15) is 38.5 Å². The summed E-state index contributed by atoms with van der Waals surface area (Å²) in [5.41, 5.74) is 0.921. The third-order valence-electron chi connectivity index (χ3n) is 3.14. The van der Waals surface area contributed by atoms with E-state index >= 15 is 0 Å². The molecule has 2 heteroatoms. The van der Waals surface area contributed by atoms with E-state index in [-0.39, 0.29) is 0 Å². The molecule has 2 aliphatic rings. The van der Waals surface area contributed by atoms with Crippen LogP contribution in [0.5, 0.6) is 0 Å². The van der Waals surface area contributed by atoms with Gasteiger partial charge in [0.1, 0.15) is 0 Å². The molecular formula is C11H18OS. The first-order valence-electron chi connectivity index (χ1n) is 5.31. The fourth-order valence-electron chi connectivity index (χ4n) is 2.25. The molecule has 1 aliphatic carbocycles. The van der Waals surface area contributed by atoms with Crippen molar-refractivity contribution >= 4 is 11.8 Å². The van der Waals surface area contributed by atoms with Crippen molar-refractivity contribution in [1.82, 2.24) is 0 Å². The zero-order valence-corrected chi connectivity index (χ0v) is 8.91. The highest BCUT2D eigenvalue weighted by atomic mass is 32.2. The first-order valence-corrected chi connectivity index (χ1v) is 6.46. The summed E-state index contributed by atoms with van der Waals surface area (Å²) in [6.45, 7) is 0. The Morgan fingerprint density at radius 1 is 1.31 bits per heavy atom. The molecule has 13 heavy (non-hydrogen) atoms. The Morgan fingerprint density at radius 3 is 3.00 bits per heavy atom. The lowest BCUT2D eigenvalue weighted by Gasteiger charge is -2.24. The second kappa shape index (κ2) is 4.05. The Balaban J connectivity index is 2.08.